The predicted molar refractivity (Wildman–Crippen MR) is 113 cm³/mol. The Balaban J connectivity index is 1.56. The molecule has 0 spiro atoms. The summed E-state index contributed by atoms with van der Waals surface area (Å²) in [4.78, 5) is 17.5. The maximum atomic E-state index is 12.0. The fourth-order valence-corrected chi connectivity index (χ4v) is 7.65. The van der Waals surface area contributed by atoms with Crippen LogP contribution in [0.1, 0.15) is 72.1 Å². The molecular formula is C23H35NO2S. The van der Waals surface area contributed by atoms with E-state index >= 15 is 0 Å². The zero-order valence-electron chi connectivity index (χ0n) is 17.4. The lowest BCUT2D eigenvalue weighted by Crippen LogP contribution is -2.51. The lowest BCUT2D eigenvalue weighted by atomic mass is 9.46. The summed E-state index contributed by atoms with van der Waals surface area (Å²) in [6, 6.07) is 0. The van der Waals surface area contributed by atoms with E-state index in [9.17, 15) is 4.79 Å². The molecule has 0 amide bonds. The Bertz CT molecular complexity index is 671. The van der Waals surface area contributed by atoms with Crippen molar-refractivity contribution in [1.82, 2.24) is 0 Å². The zero-order valence-corrected chi connectivity index (χ0v) is 18.2. The number of hydrogen-bond donors (Lipinski definition) is 0. The van der Waals surface area contributed by atoms with Crippen molar-refractivity contribution in [2.75, 3.05) is 12.2 Å². The number of hydrogen-bond acceptors (Lipinski definition) is 4. The van der Waals surface area contributed by atoms with Crippen molar-refractivity contribution < 1.29 is 9.63 Å². The SMILES string of the molecule is CSCO/N=C(\C)[C@H]1CCC2[C@@H]3CCC4=CC(=O)CC[C@]4(C)[C@H]3CC[C@@]21C. The molecule has 0 bridgehead atoms. The molecule has 4 aliphatic rings. The quantitative estimate of drug-likeness (QED) is 0.262. The van der Waals surface area contributed by atoms with Gasteiger partial charge in [-0.1, -0.05) is 24.6 Å². The third-order valence-corrected chi connectivity index (χ3v) is 9.19. The first-order chi connectivity index (χ1) is 12.9. The zero-order chi connectivity index (χ0) is 19.2. The van der Waals surface area contributed by atoms with E-state index in [-0.39, 0.29) is 5.41 Å². The number of allylic oxidation sites excluding steroid dienone is 1. The first-order valence-electron chi connectivity index (χ1n) is 10.8. The number of carbonyl (C=O) groups is 1. The highest BCUT2D eigenvalue weighted by atomic mass is 32.2. The second-order valence-corrected chi connectivity index (χ2v) is 10.7. The van der Waals surface area contributed by atoms with Gasteiger partial charge in [0.2, 0.25) is 0 Å². The lowest BCUT2D eigenvalue weighted by Gasteiger charge is -2.58. The van der Waals surface area contributed by atoms with Crippen LogP contribution in [-0.2, 0) is 9.63 Å². The molecule has 1 unspecified atom stereocenters. The summed E-state index contributed by atoms with van der Waals surface area (Å²) in [5, 5.41) is 4.47. The van der Waals surface area contributed by atoms with E-state index in [1.165, 1.54) is 43.4 Å². The van der Waals surface area contributed by atoms with Crippen LogP contribution in [0.2, 0.25) is 0 Å². The fourth-order valence-electron chi connectivity index (χ4n) is 7.49. The van der Waals surface area contributed by atoms with E-state index in [4.69, 9.17) is 4.84 Å². The smallest absolute Gasteiger partial charge is 0.162 e. The Hall–Kier alpha value is -0.770. The summed E-state index contributed by atoms with van der Waals surface area (Å²) in [5.74, 6) is 3.98. The molecule has 150 valence electrons. The molecule has 0 radical (unpaired) electrons. The normalized spacial score (nSPS) is 44.2. The molecule has 0 saturated heterocycles. The van der Waals surface area contributed by atoms with Gasteiger partial charge in [0.25, 0.3) is 0 Å². The van der Waals surface area contributed by atoms with Crippen molar-refractivity contribution in [3.8, 4) is 0 Å². The number of carbonyl (C=O) groups excluding carboxylic acids is 1. The van der Waals surface area contributed by atoms with Crippen molar-refractivity contribution in [2.24, 2.45) is 39.7 Å². The van der Waals surface area contributed by atoms with Gasteiger partial charge in [-0.05, 0) is 92.8 Å². The third-order valence-electron chi connectivity index (χ3n) is 8.85. The van der Waals surface area contributed by atoms with Gasteiger partial charge in [0.15, 0.2) is 11.7 Å². The lowest BCUT2D eigenvalue weighted by molar-refractivity contribution is -0.117. The van der Waals surface area contributed by atoms with Crippen LogP contribution in [0.4, 0.5) is 0 Å². The highest BCUT2D eigenvalue weighted by molar-refractivity contribution is 7.98. The first kappa shape index (κ1) is 19.5. The van der Waals surface area contributed by atoms with E-state index in [0.29, 0.717) is 23.1 Å². The van der Waals surface area contributed by atoms with Crippen molar-refractivity contribution in [3.05, 3.63) is 11.6 Å². The van der Waals surface area contributed by atoms with E-state index in [1.807, 2.05) is 12.3 Å². The molecule has 3 saturated carbocycles. The second kappa shape index (κ2) is 7.24. The van der Waals surface area contributed by atoms with E-state index in [0.717, 1.165) is 37.0 Å². The molecule has 0 N–H and O–H groups in total. The van der Waals surface area contributed by atoms with Gasteiger partial charge in [-0.25, -0.2) is 0 Å². The highest BCUT2D eigenvalue weighted by Crippen LogP contribution is 2.66. The second-order valence-electron chi connectivity index (χ2n) is 9.91. The Labute approximate surface area is 168 Å². The van der Waals surface area contributed by atoms with Crippen LogP contribution in [-0.4, -0.2) is 23.7 Å². The third kappa shape index (κ3) is 3.10. The average Bonchev–Trinajstić information content (AvgIpc) is 3.00. The minimum absolute atomic E-state index is 0.279. The monoisotopic (exact) mass is 389 g/mol. The molecule has 4 aliphatic carbocycles. The molecule has 0 aliphatic heterocycles. The molecule has 0 aromatic rings. The van der Waals surface area contributed by atoms with Gasteiger partial charge >= 0.3 is 0 Å². The molecule has 0 heterocycles. The molecule has 4 rings (SSSR count). The van der Waals surface area contributed by atoms with Gasteiger partial charge in [0.1, 0.15) is 0 Å². The summed E-state index contributed by atoms with van der Waals surface area (Å²) < 4.78 is 0. The van der Waals surface area contributed by atoms with Crippen molar-refractivity contribution in [2.45, 2.75) is 72.1 Å². The number of ketones is 1. The van der Waals surface area contributed by atoms with Crippen LogP contribution in [0.15, 0.2) is 16.8 Å². The topological polar surface area (TPSA) is 38.7 Å². The molecule has 0 aromatic heterocycles. The Morgan fingerprint density at radius 3 is 2.78 bits per heavy atom. The number of oxime groups is 1. The number of rotatable bonds is 4. The van der Waals surface area contributed by atoms with Crippen LogP contribution in [0.25, 0.3) is 0 Å². The number of nitrogens with zero attached hydrogens (tertiary/aromatic N) is 1. The maximum Gasteiger partial charge on any atom is 0.162 e. The Kier molecular flexibility index (Phi) is 5.24. The summed E-state index contributed by atoms with van der Waals surface area (Å²) in [6.07, 6.45) is 13.5. The average molecular weight is 390 g/mol. The van der Waals surface area contributed by atoms with E-state index in [2.05, 4.69) is 25.9 Å². The highest BCUT2D eigenvalue weighted by Gasteiger charge is 2.59. The summed E-state index contributed by atoms with van der Waals surface area (Å²) >= 11 is 1.67. The van der Waals surface area contributed by atoms with Crippen LogP contribution in [0.5, 0.6) is 0 Å². The minimum Gasteiger partial charge on any atom is -0.385 e. The van der Waals surface area contributed by atoms with E-state index < -0.39 is 0 Å². The predicted octanol–water partition coefficient (Wildman–Crippen LogP) is 5.85. The van der Waals surface area contributed by atoms with Crippen molar-refractivity contribution >= 4 is 23.3 Å². The molecule has 3 fully saturated rings. The Morgan fingerprint density at radius 1 is 1.19 bits per heavy atom. The van der Waals surface area contributed by atoms with Gasteiger partial charge in [0, 0.05) is 12.3 Å². The van der Waals surface area contributed by atoms with Gasteiger partial charge in [-0.2, -0.15) is 0 Å². The van der Waals surface area contributed by atoms with Gasteiger partial charge in [-0.3, -0.25) is 4.79 Å². The fraction of sp³-hybridized carbons (Fsp3) is 0.826. The van der Waals surface area contributed by atoms with Crippen LogP contribution in [0, 0.1) is 34.5 Å². The number of thioether (sulfide) groups is 1. The largest absolute Gasteiger partial charge is 0.385 e. The van der Waals surface area contributed by atoms with Gasteiger partial charge in [0.05, 0.1) is 5.71 Å². The van der Waals surface area contributed by atoms with Gasteiger partial charge < -0.3 is 4.84 Å². The van der Waals surface area contributed by atoms with Crippen LogP contribution < -0.4 is 0 Å². The van der Waals surface area contributed by atoms with E-state index in [1.54, 1.807) is 11.8 Å². The van der Waals surface area contributed by atoms with Crippen LogP contribution >= 0.6 is 11.8 Å². The molecule has 3 nitrogen and oxygen atoms in total. The molecular weight excluding hydrogens is 354 g/mol. The minimum atomic E-state index is 0.279. The van der Waals surface area contributed by atoms with Gasteiger partial charge in [-0.15, -0.1) is 11.8 Å². The van der Waals surface area contributed by atoms with Crippen molar-refractivity contribution in [1.29, 1.82) is 0 Å². The first-order valence-corrected chi connectivity index (χ1v) is 12.2. The standard InChI is InChI=1S/C23H35NO2S/c1-15(24-26-14-27-4)19-7-8-20-18-6-5-16-13-17(25)9-11-22(16,2)21(18)10-12-23(19,20)3/h13,18-21H,5-12,14H2,1-4H3/b24-15+/t18-,19+,20?,21-,22-,23+/m0/s1. The summed E-state index contributed by atoms with van der Waals surface area (Å²) in [6.45, 7) is 7.19. The molecule has 6 atom stereocenters. The molecule has 27 heavy (non-hydrogen) atoms. The van der Waals surface area contributed by atoms with Crippen molar-refractivity contribution in [3.63, 3.8) is 0 Å². The summed E-state index contributed by atoms with van der Waals surface area (Å²) in [5.41, 5.74) is 3.33. The molecule has 0 aromatic carbocycles. The molecule has 4 heteroatoms. The van der Waals surface area contributed by atoms with Crippen LogP contribution in [0.3, 0.4) is 0 Å². The Morgan fingerprint density at radius 2 is 2.00 bits per heavy atom. The summed E-state index contributed by atoms with van der Waals surface area (Å²) in [7, 11) is 0. The maximum absolute atomic E-state index is 12.0. The number of fused-ring (bicyclic) bond motifs is 5.